The number of hydrogen-bond donors (Lipinski definition) is 1. The van der Waals surface area contributed by atoms with Gasteiger partial charge in [0.05, 0.1) is 19.1 Å². The van der Waals surface area contributed by atoms with E-state index in [2.05, 4.69) is 15.0 Å². The number of ether oxygens (including phenoxy) is 1. The van der Waals surface area contributed by atoms with E-state index in [1.807, 2.05) is 0 Å². The molecule has 0 bridgehead atoms. The average molecular weight is 359 g/mol. The first kappa shape index (κ1) is 15.9. The molecule has 4 heterocycles. The van der Waals surface area contributed by atoms with Crippen molar-refractivity contribution in [3.8, 4) is 0 Å². The van der Waals surface area contributed by atoms with Crippen molar-refractivity contribution < 1.29 is 27.3 Å². The van der Waals surface area contributed by atoms with Gasteiger partial charge in [-0.25, -0.2) is 18.9 Å². The van der Waals surface area contributed by atoms with Gasteiger partial charge in [-0.05, 0) is 6.92 Å². The smallest absolute Gasteiger partial charge is 0.368 e. The zero-order valence-corrected chi connectivity index (χ0v) is 13.7. The minimum Gasteiger partial charge on any atom is -0.368 e. The monoisotopic (exact) mass is 359 g/mol. The molecule has 0 aliphatic carbocycles. The minimum atomic E-state index is -3.79. The summed E-state index contributed by atoms with van der Waals surface area (Å²) in [7, 11) is -2.62. The van der Waals surface area contributed by atoms with Crippen LogP contribution in [-0.2, 0) is 22.9 Å². The molecule has 2 aliphatic rings. The van der Waals surface area contributed by atoms with Crippen LogP contribution in [0.4, 0.5) is 10.3 Å². The lowest BCUT2D eigenvalue weighted by Crippen LogP contribution is -2.44. The number of fused-ring (bicyclic) bond motifs is 2. The van der Waals surface area contributed by atoms with E-state index in [0.29, 0.717) is 11.2 Å². The summed E-state index contributed by atoms with van der Waals surface area (Å²) in [5.41, 5.74) is 4.33. The Bertz CT molecular complexity index is 844. The fourth-order valence-corrected chi connectivity index (χ4v) is 4.15. The summed E-state index contributed by atoms with van der Waals surface area (Å²) in [6.07, 6.45) is -0.170. The number of aromatic nitrogens is 4. The molecule has 10 nitrogen and oxygen atoms in total. The molecule has 0 radical (unpaired) electrons. The van der Waals surface area contributed by atoms with Crippen LogP contribution >= 0.6 is 7.82 Å². The third-order valence-electron chi connectivity index (χ3n) is 4.13. The van der Waals surface area contributed by atoms with Crippen LogP contribution in [-0.4, -0.2) is 51.1 Å². The molecule has 2 N–H and O–H groups in total. The van der Waals surface area contributed by atoms with Crippen LogP contribution in [0.2, 0.25) is 0 Å². The minimum absolute atomic E-state index is 0.0312. The lowest BCUT2D eigenvalue weighted by Gasteiger charge is -2.33. The highest BCUT2D eigenvalue weighted by Gasteiger charge is 2.61. The van der Waals surface area contributed by atoms with Gasteiger partial charge >= 0.3 is 7.82 Å². The Labute approximate surface area is 135 Å². The fourth-order valence-electron chi connectivity index (χ4n) is 2.95. The number of rotatable bonds is 2. The molecule has 0 saturated carbocycles. The van der Waals surface area contributed by atoms with Crippen LogP contribution in [0.5, 0.6) is 0 Å². The Kier molecular flexibility index (Phi) is 3.42. The van der Waals surface area contributed by atoms with Crippen molar-refractivity contribution in [2.45, 2.75) is 31.0 Å². The molecule has 4 rings (SSSR count). The van der Waals surface area contributed by atoms with Gasteiger partial charge in [0.25, 0.3) is 0 Å². The van der Waals surface area contributed by atoms with E-state index in [1.165, 1.54) is 31.1 Å². The normalized spacial score (nSPS) is 39.2. The predicted octanol–water partition coefficient (Wildman–Crippen LogP) is 1.20. The van der Waals surface area contributed by atoms with Gasteiger partial charge in [0, 0.05) is 7.11 Å². The fraction of sp³-hybridized carbons (Fsp3) is 0.583. The molecule has 12 heteroatoms. The molecule has 0 spiro atoms. The highest BCUT2D eigenvalue weighted by atomic mass is 31.2. The Morgan fingerprint density at radius 2 is 2.33 bits per heavy atom. The highest BCUT2D eigenvalue weighted by Crippen LogP contribution is 2.59. The standard InChI is InChI=1S/C12H15FN5O5P/c1-12(13)8-7(4-21-24(19,20-2)23-8)22-10(12)18-5-16-6-3-15-11(14)17-9(6)18/h3,5,7-8,10H,4H2,1-2H3,(H2,14,15,17)/t7-,8-,10-,12-,24?/m1/s1. The molecule has 130 valence electrons. The van der Waals surface area contributed by atoms with Gasteiger partial charge < -0.3 is 10.5 Å². The zero-order chi connectivity index (χ0) is 17.1. The number of nitrogens with two attached hydrogens (primary N) is 1. The van der Waals surface area contributed by atoms with Gasteiger partial charge in [-0.1, -0.05) is 0 Å². The molecule has 0 aromatic carbocycles. The number of imidazole rings is 1. The van der Waals surface area contributed by atoms with Gasteiger partial charge in [-0.15, -0.1) is 0 Å². The quantitative estimate of drug-likeness (QED) is 0.788. The van der Waals surface area contributed by atoms with Gasteiger partial charge in [-0.3, -0.25) is 18.1 Å². The van der Waals surface area contributed by atoms with Crippen LogP contribution in [0, 0.1) is 0 Å². The van der Waals surface area contributed by atoms with Crippen molar-refractivity contribution in [1.29, 1.82) is 0 Å². The maximum atomic E-state index is 15.5. The van der Waals surface area contributed by atoms with E-state index in [-0.39, 0.29) is 12.6 Å². The summed E-state index contributed by atoms with van der Waals surface area (Å²) in [4.78, 5) is 12.0. The molecule has 2 saturated heterocycles. The van der Waals surface area contributed by atoms with E-state index >= 15 is 4.39 Å². The van der Waals surface area contributed by atoms with Crippen LogP contribution in [0.3, 0.4) is 0 Å². The number of hydrogen-bond acceptors (Lipinski definition) is 9. The van der Waals surface area contributed by atoms with E-state index in [1.54, 1.807) is 0 Å². The van der Waals surface area contributed by atoms with E-state index < -0.39 is 31.9 Å². The van der Waals surface area contributed by atoms with Crippen molar-refractivity contribution >= 4 is 24.9 Å². The summed E-state index contributed by atoms with van der Waals surface area (Å²) in [6.45, 7) is 1.18. The molecular weight excluding hydrogens is 344 g/mol. The van der Waals surface area contributed by atoms with Gasteiger partial charge in [0.1, 0.15) is 17.7 Å². The Hall–Kier alpha value is -1.65. The molecule has 2 aromatic heterocycles. The molecule has 2 fully saturated rings. The number of phosphoric acid groups is 1. The average Bonchev–Trinajstić information content (AvgIpc) is 3.06. The Balaban J connectivity index is 1.74. The zero-order valence-electron chi connectivity index (χ0n) is 12.8. The number of phosphoric ester groups is 1. The molecule has 0 amide bonds. The predicted molar refractivity (Wildman–Crippen MR) is 78.6 cm³/mol. The molecule has 24 heavy (non-hydrogen) atoms. The van der Waals surface area contributed by atoms with Gasteiger partial charge in [0.15, 0.2) is 17.5 Å². The van der Waals surface area contributed by atoms with Crippen molar-refractivity contribution in [2.24, 2.45) is 0 Å². The van der Waals surface area contributed by atoms with Crippen molar-refractivity contribution in [3.63, 3.8) is 0 Å². The van der Waals surface area contributed by atoms with Gasteiger partial charge in [0.2, 0.25) is 5.95 Å². The molecule has 2 aliphatic heterocycles. The van der Waals surface area contributed by atoms with Crippen LogP contribution < -0.4 is 5.73 Å². The van der Waals surface area contributed by atoms with Crippen LogP contribution in [0.15, 0.2) is 12.5 Å². The SMILES string of the molecule is COP1(=O)OC[C@H]2O[C@@H](n3cnc4cnc(N)nc43)[C@](C)(F)[C@@H]2O1. The summed E-state index contributed by atoms with van der Waals surface area (Å²) < 4.78 is 49.8. The van der Waals surface area contributed by atoms with Gasteiger partial charge in [-0.2, -0.15) is 4.98 Å². The van der Waals surface area contributed by atoms with Crippen LogP contribution in [0.1, 0.15) is 13.2 Å². The summed E-state index contributed by atoms with van der Waals surface area (Å²) in [5.74, 6) is 0.0312. The van der Waals surface area contributed by atoms with E-state index in [0.717, 1.165) is 0 Å². The number of anilines is 1. The second-order valence-electron chi connectivity index (χ2n) is 5.72. The highest BCUT2D eigenvalue weighted by molar-refractivity contribution is 7.48. The number of nitrogen functional groups attached to an aromatic ring is 1. The Morgan fingerprint density at radius 3 is 3.08 bits per heavy atom. The topological polar surface area (TPSA) is 124 Å². The first-order valence-electron chi connectivity index (χ1n) is 7.12. The van der Waals surface area contributed by atoms with Crippen molar-refractivity contribution in [1.82, 2.24) is 19.5 Å². The summed E-state index contributed by atoms with van der Waals surface area (Å²) in [5, 5.41) is 0. The maximum Gasteiger partial charge on any atom is 0.475 e. The maximum absolute atomic E-state index is 15.5. The lowest BCUT2D eigenvalue weighted by atomic mass is 9.98. The molecule has 1 unspecified atom stereocenters. The lowest BCUT2D eigenvalue weighted by molar-refractivity contribution is -0.0686. The summed E-state index contributed by atoms with van der Waals surface area (Å²) in [6, 6.07) is 0. The first-order chi connectivity index (χ1) is 11.3. The van der Waals surface area contributed by atoms with Crippen LogP contribution in [0.25, 0.3) is 11.2 Å². The molecule has 2 aromatic rings. The molecular formula is C12H15FN5O5P. The van der Waals surface area contributed by atoms with Crippen molar-refractivity contribution in [3.05, 3.63) is 12.5 Å². The van der Waals surface area contributed by atoms with E-state index in [4.69, 9.17) is 24.0 Å². The summed E-state index contributed by atoms with van der Waals surface area (Å²) >= 11 is 0. The second kappa shape index (κ2) is 5.17. The Morgan fingerprint density at radius 1 is 1.54 bits per heavy atom. The first-order valence-corrected chi connectivity index (χ1v) is 8.58. The number of alkyl halides is 1. The number of halogens is 1. The largest absolute Gasteiger partial charge is 0.475 e. The molecule has 5 atom stereocenters. The number of nitrogens with zero attached hydrogens (tertiary/aromatic N) is 4. The van der Waals surface area contributed by atoms with Crippen molar-refractivity contribution in [2.75, 3.05) is 19.5 Å². The van der Waals surface area contributed by atoms with E-state index in [9.17, 15) is 4.57 Å². The third kappa shape index (κ3) is 2.24. The second-order valence-corrected chi connectivity index (χ2v) is 7.45. The third-order valence-corrected chi connectivity index (χ3v) is 5.53.